The number of halogens is 1. The molecule has 0 aromatic heterocycles. The Labute approximate surface area is 116 Å². The Morgan fingerprint density at radius 2 is 2.00 bits per heavy atom. The molecule has 2 atom stereocenters. The molecule has 5 heteroatoms. The lowest BCUT2D eigenvalue weighted by molar-refractivity contribution is -0.123. The van der Waals surface area contributed by atoms with Gasteiger partial charge in [0.05, 0.1) is 12.1 Å². The van der Waals surface area contributed by atoms with Crippen LogP contribution in [0.2, 0.25) is 0 Å². The van der Waals surface area contributed by atoms with Crippen LogP contribution >= 0.6 is 12.4 Å². The van der Waals surface area contributed by atoms with E-state index in [2.05, 4.69) is 5.32 Å². The largest absolute Gasteiger partial charge is 0.391 e. The summed E-state index contributed by atoms with van der Waals surface area (Å²) in [5.74, 6) is 0.216. The third kappa shape index (κ3) is 6.03. The Morgan fingerprint density at radius 3 is 2.56 bits per heavy atom. The average Bonchev–Trinajstić information content (AvgIpc) is 2.36. The number of hydrogen-bond donors (Lipinski definition) is 3. The van der Waals surface area contributed by atoms with Crippen LogP contribution in [0.4, 0.5) is 0 Å². The van der Waals surface area contributed by atoms with Crippen molar-refractivity contribution in [3.63, 3.8) is 0 Å². The highest BCUT2D eigenvalue weighted by Gasteiger charge is 2.22. The van der Waals surface area contributed by atoms with Crippen molar-refractivity contribution in [1.82, 2.24) is 5.32 Å². The van der Waals surface area contributed by atoms with Gasteiger partial charge in [-0.15, -0.1) is 12.4 Å². The van der Waals surface area contributed by atoms with Gasteiger partial charge < -0.3 is 16.2 Å². The minimum absolute atomic E-state index is 0. The van der Waals surface area contributed by atoms with Crippen LogP contribution in [0, 0.1) is 5.92 Å². The normalized spacial score (nSPS) is 19.7. The fourth-order valence-electron chi connectivity index (χ4n) is 2.46. The lowest BCUT2D eigenvalue weighted by Gasteiger charge is -2.27. The SMILES string of the molecule is CCCC(N)C(=O)NCC(O)C1CCCCC1.Cl. The number of rotatable bonds is 6. The third-order valence-electron chi connectivity index (χ3n) is 3.62. The maximum Gasteiger partial charge on any atom is 0.237 e. The van der Waals surface area contributed by atoms with Gasteiger partial charge in [-0.1, -0.05) is 32.6 Å². The number of carbonyl (C=O) groups is 1. The smallest absolute Gasteiger partial charge is 0.237 e. The van der Waals surface area contributed by atoms with Crippen molar-refractivity contribution in [2.24, 2.45) is 11.7 Å². The van der Waals surface area contributed by atoms with E-state index in [1.807, 2.05) is 6.92 Å². The average molecular weight is 279 g/mol. The van der Waals surface area contributed by atoms with Crippen LogP contribution in [-0.4, -0.2) is 29.7 Å². The Morgan fingerprint density at radius 1 is 1.39 bits per heavy atom. The van der Waals surface area contributed by atoms with E-state index < -0.39 is 12.1 Å². The summed E-state index contributed by atoms with van der Waals surface area (Å²) in [6, 6.07) is -0.432. The van der Waals surface area contributed by atoms with E-state index in [1.54, 1.807) is 0 Å². The van der Waals surface area contributed by atoms with Crippen molar-refractivity contribution in [3.05, 3.63) is 0 Å². The minimum Gasteiger partial charge on any atom is -0.391 e. The highest BCUT2D eigenvalue weighted by Crippen LogP contribution is 2.26. The third-order valence-corrected chi connectivity index (χ3v) is 3.62. The topological polar surface area (TPSA) is 75.4 Å². The van der Waals surface area contributed by atoms with Crippen molar-refractivity contribution >= 4 is 18.3 Å². The van der Waals surface area contributed by atoms with Gasteiger partial charge in [0.15, 0.2) is 0 Å². The molecule has 1 aliphatic carbocycles. The van der Waals surface area contributed by atoms with Crippen molar-refractivity contribution in [1.29, 1.82) is 0 Å². The summed E-state index contributed by atoms with van der Waals surface area (Å²) in [5, 5.41) is 12.7. The van der Waals surface area contributed by atoms with Crippen molar-refractivity contribution in [2.45, 2.75) is 64.0 Å². The fraction of sp³-hybridized carbons (Fsp3) is 0.923. The molecule has 4 N–H and O–H groups in total. The van der Waals surface area contributed by atoms with E-state index in [4.69, 9.17) is 5.73 Å². The number of aliphatic hydroxyl groups is 1. The number of amides is 1. The molecule has 1 fully saturated rings. The fourth-order valence-corrected chi connectivity index (χ4v) is 2.46. The molecule has 18 heavy (non-hydrogen) atoms. The molecule has 1 aliphatic rings. The van der Waals surface area contributed by atoms with Gasteiger partial charge >= 0.3 is 0 Å². The molecular weight excluding hydrogens is 252 g/mol. The van der Waals surface area contributed by atoms with Gasteiger partial charge in [0.2, 0.25) is 5.91 Å². The molecule has 0 spiro atoms. The van der Waals surface area contributed by atoms with E-state index in [0.29, 0.717) is 18.9 Å². The molecule has 4 nitrogen and oxygen atoms in total. The molecule has 108 valence electrons. The number of carbonyl (C=O) groups excluding carboxylic acids is 1. The molecule has 0 heterocycles. The number of nitrogens with two attached hydrogens (primary N) is 1. The first kappa shape index (κ1) is 17.7. The molecule has 0 aromatic carbocycles. The van der Waals surface area contributed by atoms with E-state index in [1.165, 1.54) is 19.3 Å². The molecule has 1 saturated carbocycles. The molecule has 0 bridgehead atoms. The summed E-state index contributed by atoms with van der Waals surface area (Å²) in [6.45, 7) is 2.35. The van der Waals surface area contributed by atoms with Crippen molar-refractivity contribution < 1.29 is 9.90 Å². The summed E-state index contributed by atoms with van der Waals surface area (Å²) in [4.78, 5) is 11.6. The Bertz CT molecular complexity index is 233. The van der Waals surface area contributed by atoms with Crippen LogP contribution in [0.5, 0.6) is 0 Å². The first-order valence-corrected chi connectivity index (χ1v) is 6.86. The number of nitrogens with one attached hydrogen (secondary N) is 1. The predicted molar refractivity (Wildman–Crippen MR) is 75.7 cm³/mol. The van der Waals surface area contributed by atoms with Gasteiger partial charge in [0.25, 0.3) is 0 Å². The molecule has 0 aliphatic heterocycles. The van der Waals surface area contributed by atoms with Crippen molar-refractivity contribution in [2.75, 3.05) is 6.54 Å². The van der Waals surface area contributed by atoms with E-state index >= 15 is 0 Å². The molecule has 0 saturated heterocycles. The summed E-state index contributed by atoms with van der Waals surface area (Å²) in [7, 11) is 0. The quantitative estimate of drug-likeness (QED) is 0.691. The van der Waals surface area contributed by atoms with E-state index in [9.17, 15) is 9.90 Å². The second-order valence-corrected chi connectivity index (χ2v) is 5.11. The highest BCUT2D eigenvalue weighted by atomic mass is 35.5. The monoisotopic (exact) mass is 278 g/mol. The van der Waals surface area contributed by atoms with Gasteiger partial charge in [-0.3, -0.25) is 4.79 Å². The summed E-state index contributed by atoms with van der Waals surface area (Å²) >= 11 is 0. The number of hydrogen-bond acceptors (Lipinski definition) is 3. The highest BCUT2D eigenvalue weighted by molar-refractivity contribution is 5.85. The molecule has 0 radical (unpaired) electrons. The number of aliphatic hydroxyl groups excluding tert-OH is 1. The van der Waals surface area contributed by atoms with Crippen LogP contribution in [-0.2, 0) is 4.79 Å². The molecule has 2 unspecified atom stereocenters. The first-order chi connectivity index (χ1) is 8.15. The van der Waals surface area contributed by atoms with Gasteiger partial charge in [0.1, 0.15) is 0 Å². The lowest BCUT2D eigenvalue weighted by atomic mass is 9.85. The summed E-state index contributed by atoms with van der Waals surface area (Å²) < 4.78 is 0. The standard InChI is InChI=1S/C13H26N2O2.ClH/c1-2-6-11(14)13(17)15-9-12(16)10-7-4-3-5-8-10;/h10-12,16H,2-9,14H2,1H3,(H,15,17);1H. The maximum atomic E-state index is 11.6. The van der Waals surface area contributed by atoms with Gasteiger partial charge in [0, 0.05) is 6.54 Å². The van der Waals surface area contributed by atoms with E-state index in [0.717, 1.165) is 19.3 Å². The second kappa shape index (κ2) is 9.59. The molecule has 0 aromatic rings. The molecule has 1 amide bonds. The predicted octanol–water partition coefficient (Wildman–Crippen LogP) is 1.59. The summed E-state index contributed by atoms with van der Waals surface area (Å²) in [5.41, 5.74) is 5.70. The molecule has 1 rings (SSSR count). The Hall–Kier alpha value is -0.320. The van der Waals surface area contributed by atoms with Gasteiger partial charge in [-0.2, -0.15) is 0 Å². The van der Waals surface area contributed by atoms with Gasteiger partial charge in [-0.05, 0) is 25.2 Å². The van der Waals surface area contributed by atoms with Gasteiger partial charge in [-0.25, -0.2) is 0 Å². The zero-order valence-corrected chi connectivity index (χ0v) is 12.0. The van der Waals surface area contributed by atoms with Crippen molar-refractivity contribution in [3.8, 4) is 0 Å². The zero-order chi connectivity index (χ0) is 12.7. The lowest BCUT2D eigenvalue weighted by Crippen LogP contribution is -2.44. The Kier molecular flexibility index (Phi) is 9.42. The van der Waals surface area contributed by atoms with Crippen LogP contribution in [0.15, 0.2) is 0 Å². The maximum absolute atomic E-state index is 11.6. The van der Waals surface area contributed by atoms with E-state index in [-0.39, 0.29) is 18.3 Å². The summed E-state index contributed by atoms with van der Waals surface area (Å²) in [6.07, 6.45) is 7.03. The first-order valence-electron chi connectivity index (χ1n) is 6.86. The van der Waals surface area contributed by atoms with Crippen LogP contribution in [0.1, 0.15) is 51.9 Å². The van der Waals surface area contributed by atoms with Crippen LogP contribution in [0.25, 0.3) is 0 Å². The Balaban J connectivity index is 0.00000289. The zero-order valence-electron chi connectivity index (χ0n) is 11.2. The van der Waals surface area contributed by atoms with Crippen LogP contribution in [0.3, 0.4) is 0 Å². The minimum atomic E-state index is -0.432. The second-order valence-electron chi connectivity index (χ2n) is 5.11. The molecular formula is C13H27ClN2O2. The van der Waals surface area contributed by atoms with Crippen LogP contribution < -0.4 is 11.1 Å².